The molecule has 2 bridgehead atoms. The minimum absolute atomic E-state index is 0.0799. The maximum atomic E-state index is 13.0. The maximum Gasteiger partial charge on any atom is 0.316 e. The number of halogens is 1. The molecule has 0 radical (unpaired) electrons. The summed E-state index contributed by atoms with van der Waals surface area (Å²) in [6.07, 6.45) is 6.75. The van der Waals surface area contributed by atoms with Gasteiger partial charge in [-0.05, 0) is 37.5 Å². The average Bonchev–Trinajstić information content (AvgIpc) is 3.12. The number of alkyl halides is 1. The highest BCUT2D eigenvalue weighted by Crippen LogP contribution is 2.58. The van der Waals surface area contributed by atoms with Gasteiger partial charge in [-0.2, -0.15) is 4.31 Å². The fourth-order valence-electron chi connectivity index (χ4n) is 5.36. The van der Waals surface area contributed by atoms with Gasteiger partial charge >= 0.3 is 5.97 Å². The molecule has 0 aromatic carbocycles. The summed E-state index contributed by atoms with van der Waals surface area (Å²) in [5.74, 6) is 0.224. The average molecular weight is 439 g/mol. The molecule has 4 fully saturated rings. The number of nitrogens with zero attached hydrogens (tertiary/aromatic N) is 1. The molecule has 5 nitrogen and oxygen atoms in total. The number of esters is 1. The van der Waals surface area contributed by atoms with Gasteiger partial charge in [0.2, 0.25) is 10.0 Å². The predicted molar refractivity (Wildman–Crippen MR) is 90.2 cm³/mol. The van der Waals surface area contributed by atoms with Crippen LogP contribution in [-0.4, -0.2) is 46.6 Å². The van der Waals surface area contributed by atoms with Crippen LogP contribution in [-0.2, 0) is 19.6 Å². The van der Waals surface area contributed by atoms with E-state index in [1.807, 2.05) is 22.6 Å². The first-order chi connectivity index (χ1) is 10.5. The molecule has 1 aliphatic heterocycles. The Morgan fingerprint density at radius 3 is 2.59 bits per heavy atom. The molecule has 0 aromatic heterocycles. The van der Waals surface area contributed by atoms with Gasteiger partial charge in [-0.15, -0.1) is 0 Å². The molecule has 5 unspecified atom stereocenters. The number of fused-ring (bicyclic) bond motifs is 1. The summed E-state index contributed by atoms with van der Waals surface area (Å²) in [4.78, 5) is 11.8. The molecule has 0 N–H and O–H groups in total. The fraction of sp³-hybridized carbons (Fsp3) is 0.933. The van der Waals surface area contributed by atoms with Crippen molar-refractivity contribution in [1.29, 1.82) is 0 Å². The first-order valence-corrected chi connectivity index (χ1v) is 11.3. The highest BCUT2D eigenvalue weighted by molar-refractivity contribution is 14.1. The lowest BCUT2D eigenvalue weighted by Gasteiger charge is -2.36. The first kappa shape index (κ1) is 15.6. The molecule has 5 atom stereocenters. The summed E-state index contributed by atoms with van der Waals surface area (Å²) < 4.78 is 33.8. The number of hydrogen-bond donors (Lipinski definition) is 0. The van der Waals surface area contributed by atoms with Crippen molar-refractivity contribution >= 4 is 38.6 Å². The van der Waals surface area contributed by atoms with E-state index in [0.717, 1.165) is 32.1 Å². The second-order valence-electron chi connectivity index (χ2n) is 7.18. The van der Waals surface area contributed by atoms with E-state index >= 15 is 0 Å². The number of rotatable bonds is 3. The number of carbonyl (C=O) groups excluding carboxylic acids is 1. The number of ether oxygens (including phenoxy) is 1. The third-order valence-corrected chi connectivity index (χ3v) is 9.17. The van der Waals surface area contributed by atoms with E-state index in [0.29, 0.717) is 10.8 Å². The molecule has 3 saturated carbocycles. The summed E-state index contributed by atoms with van der Waals surface area (Å²) >= 11 is 2.01. The molecular formula is C15H22INO4S. The van der Waals surface area contributed by atoms with Crippen LogP contribution < -0.4 is 0 Å². The van der Waals surface area contributed by atoms with Gasteiger partial charge in [0.1, 0.15) is 6.10 Å². The van der Waals surface area contributed by atoms with E-state index < -0.39 is 10.0 Å². The van der Waals surface area contributed by atoms with Crippen molar-refractivity contribution in [3.8, 4) is 0 Å². The Balaban J connectivity index is 1.66. The van der Waals surface area contributed by atoms with Crippen molar-refractivity contribution in [2.24, 2.45) is 11.8 Å². The Kier molecular flexibility index (Phi) is 3.96. The molecule has 1 heterocycles. The second-order valence-corrected chi connectivity index (χ2v) is 10.00. The molecule has 22 heavy (non-hydrogen) atoms. The van der Waals surface area contributed by atoms with E-state index in [-0.39, 0.29) is 41.2 Å². The summed E-state index contributed by atoms with van der Waals surface area (Å²) in [7, 11) is -3.21. The lowest BCUT2D eigenvalue weighted by molar-refractivity contribution is -0.150. The molecule has 1 saturated heterocycles. The van der Waals surface area contributed by atoms with Gasteiger partial charge < -0.3 is 4.74 Å². The van der Waals surface area contributed by atoms with Crippen LogP contribution in [0.5, 0.6) is 0 Å². The minimum atomic E-state index is -3.21. The lowest BCUT2D eigenvalue weighted by Crippen LogP contribution is -2.49. The van der Waals surface area contributed by atoms with E-state index in [1.165, 1.54) is 6.42 Å². The number of carbonyl (C=O) groups is 1. The highest BCUT2D eigenvalue weighted by atomic mass is 127. The molecule has 4 rings (SSSR count). The van der Waals surface area contributed by atoms with E-state index in [2.05, 4.69) is 0 Å². The van der Waals surface area contributed by atoms with Crippen LogP contribution in [0.15, 0.2) is 0 Å². The van der Waals surface area contributed by atoms with Gasteiger partial charge in [0.05, 0.1) is 15.7 Å². The van der Waals surface area contributed by atoms with Crippen LogP contribution >= 0.6 is 22.6 Å². The van der Waals surface area contributed by atoms with Crippen molar-refractivity contribution in [3.05, 3.63) is 0 Å². The largest absolute Gasteiger partial charge is 0.460 e. The van der Waals surface area contributed by atoms with Crippen LogP contribution in [0.3, 0.4) is 0 Å². The number of sulfonamides is 1. The molecule has 7 heteroatoms. The van der Waals surface area contributed by atoms with Crippen molar-refractivity contribution < 1.29 is 17.9 Å². The van der Waals surface area contributed by atoms with Crippen LogP contribution in [0.2, 0.25) is 0 Å². The van der Waals surface area contributed by atoms with Gasteiger partial charge in [0, 0.05) is 6.04 Å². The standard InChI is InChI=1S/C15H22INO4S/c16-8-13(18)21-15-9-6-11-12(7-9)22(19,20)17(14(11)15)10-4-2-1-3-5-10/h9-12,14-15H,1-8H2. The summed E-state index contributed by atoms with van der Waals surface area (Å²) in [6, 6.07) is 0.0534. The Morgan fingerprint density at radius 2 is 1.91 bits per heavy atom. The smallest absolute Gasteiger partial charge is 0.316 e. The summed E-state index contributed by atoms with van der Waals surface area (Å²) in [5, 5.41) is -0.209. The highest BCUT2D eigenvalue weighted by Gasteiger charge is 2.68. The SMILES string of the molecule is O=C(CI)OC1C2CC3C1N(C1CCCCC1)S(=O)(=O)C3C2. The molecular weight excluding hydrogens is 417 g/mol. The zero-order chi connectivity index (χ0) is 15.5. The second kappa shape index (κ2) is 5.58. The quantitative estimate of drug-likeness (QED) is 0.384. The van der Waals surface area contributed by atoms with Gasteiger partial charge in [0.25, 0.3) is 0 Å². The minimum Gasteiger partial charge on any atom is -0.460 e. The van der Waals surface area contributed by atoms with E-state index in [1.54, 1.807) is 4.31 Å². The van der Waals surface area contributed by atoms with Crippen LogP contribution in [0, 0.1) is 11.8 Å². The number of hydrogen-bond acceptors (Lipinski definition) is 4. The Bertz CT molecular complexity index is 574. The van der Waals surface area contributed by atoms with E-state index in [4.69, 9.17) is 4.74 Å². The normalized spacial score (nSPS) is 43.6. The zero-order valence-corrected chi connectivity index (χ0v) is 15.5. The molecule has 4 aliphatic rings. The van der Waals surface area contributed by atoms with Gasteiger partial charge in [-0.1, -0.05) is 41.9 Å². The van der Waals surface area contributed by atoms with Crippen LogP contribution in [0.1, 0.15) is 44.9 Å². The van der Waals surface area contributed by atoms with Gasteiger partial charge in [-0.25, -0.2) is 8.42 Å². The maximum absolute atomic E-state index is 13.0. The Labute approximate surface area is 145 Å². The van der Waals surface area contributed by atoms with Crippen molar-refractivity contribution in [2.75, 3.05) is 4.43 Å². The predicted octanol–water partition coefficient (Wildman–Crippen LogP) is 2.09. The van der Waals surface area contributed by atoms with Crippen LogP contribution in [0.25, 0.3) is 0 Å². The Hall–Kier alpha value is 0.110. The molecule has 0 aromatic rings. The summed E-state index contributed by atoms with van der Waals surface area (Å²) in [5.41, 5.74) is 0. The molecule has 3 aliphatic carbocycles. The third-order valence-electron chi connectivity index (χ3n) is 6.11. The van der Waals surface area contributed by atoms with Gasteiger partial charge in [0.15, 0.2) is 0 Å². The van der Waals surface area contributed by atoms with E-state index in [9.17, 15) is 13.2 Å². The monoisotopic (exact) mass is 439 g/mol. The van der Waals surface area contributed by atoms with Crippen molar-refractivity contribution in [1.82, 2.24) is 4.31 Å². The molecule has 0 amide bonds. The zero-order valence-electron chi connectivity index (χ0n) is 12.5. The molecule has 0 spiro atoms. The lowest BCUT2D eigenvalue weighted by atomic mass is 9.89. The topological polar surface area (TPSA) is 63.7 Å². The van der Waals surface area contributed by atoms with Crippen LogP contribution in [0.4, 0.5) is 0 Å². The van der Waals surface area contributed by atoms with Crippen molar-refractivity contribution in [3.63, 3.8) is 0 Å². The Morgan fingerprint density at radius 1 is 1.18 bits per heavy atom. The fourth-order valence-corrected chi connectivity index (χ4v) is 8.30. The van der Waals surface area contributed by atoms with Crippen molar-refractivity contribution in [2.45, 2.75) is 68.4 Å². The third kappa shape index (κ3) is 2.17. The summed E-state index contributed by atoms with van der Waals surface area (Å²) in [6.45, 7) is 0. The first-order valence-electron chi connectivity index (χ1n) is 8.32. The molecule has 124 valence electrons. The van der Waals surface area contributed by atoms with Gasteiger partial charge in [-0.3, -0.25) is 4.79 Å².